The van der Waals surface area contributed by atoms with Crippen LogP contribution in [0.2, 0.25) is 0 Å². The van der Waals surface area contributed by atoms with Gasteiger partial charge in [-0.25, -0.2) is 0 Å². The molecule has 0 spiro atoms. The van der Waals surface area contributed by atoms with E-state index in [0.29, 0.717) is 6.04 Å². The molecule has 0 saturated heterocycles. The molecule has 1 aliphatic heterocycles. The van der Waals surface area contributed by atoms with Crippen molar-refractivity contribution < 1.29 is 9.47 Å². The minimum atomic E-state index is 0.257. The maximum absolute atomic E-state index is 5.67. The van der Waals surface area contributed by atoms with Gasteiger partial charge in [0, 0.05) is 19.1 Å². The highest BCUT2D eigenvalue weighted by Crippen LogP contribution is 2.26. The largest absolute Gasteiger partial charge is 0.493 e. The van der Waals surface area contributed by atoms with Crippen LogP contribution >= 0.6 is 0 Å². The second kappa shape index (κ2) is 6.92. The highest BCUT2D eigenvalue weighted by Gasteiger charge is 2.16. The summed E-state index contributed by atoms with van der Waals surface area (Å²) in [6.07, 6.45) is 3.48. The molecule has 1 aliphatic rings. The molecule has 0 radical (unpaired) electrons. The van der Waals surface area contributed by atoms with Crippen molar-refractivity contribution in [3.05, 3.63) is 29.3 Å². The number of nitrogens with one attached hydrogen (secondary N) is 1. The molecular formula is C16H25NO2. The number of ether oxygens (including phenoxy) is 2. The summed E-state index contributed by atoms with van der Waals surface area (Å²) in [7, 11) is 2.01. The van der Waals surface area contributed by atoms with Gasteiger partial charge in [0.2, 0.25) is 0 Å². The number of likely N-dealkylation sites (N-methyl/N-ethyl adjacent to an activating group) is 1. The Morgan fingerprint density at radius 2 is 2.26 bits per heavy atom. The van der Waals surface area contributed by atoms with Gasteiger partial charge in [-0.15, -0.1) is 0 Å². The van der Waals surface area contributed by atoms with E-state index >= 15 is 0 Å². The van der Waals surface area contributed by atoms with Gasteiger partial charge >= 0.3 is 0 Å². The highest BCUT2D eigenvalue weighted by molar-refractivity contribution is 5.39. The number of rotatable bonds is 7. The van der Waals surface area contributed by atoms with Crippen LogP contribution in [0.3, 0.4) is 0 Å². The smallest absolute Gasteiger partial charge is 0.122 e. The van der Waals surface area contributed by atoms with Crippen molar-refractivity contribution in [2.75, 3.05) is 20.3 Å². The molecule has 1 aromatic carbocycles. The van der Waals surface area contributed by atoms with Crippen molar-refractivity contribution in [3.8, 4) is 5.75 Å². The Labute approximate surface area is 116 Å². The van der Waals surface area contributed by atoms with Crippen LogP contribution in [0.25, 0.3) is 0 Å². The van der Waals surface area contributed by atoms with Crippen LogP contribution in [0.5, 0.6) is 5.75 Å². The fourth-order valence-electron chi connectivity index (χ4n) is 2.71. The molecule has 0 fully saturated rings. The lowest BCUT2D eigenvalue weighted by Gasteiger charge is -2.23. The normalized spacial score (nSPS) is 16.8. The predicted molar refractivity (Wildman–Crippen MR) is 77.9 cm³/mol. The third-order valence-electron chi connectivity index (χ3n) is 3.86. The van der Waals surface area contributed by atoms with Gasteiger partial charge in [0.1, 0.15) is 5.75 Å². The minimum absolute atomic E-state index is 0.257. The van der Waals surface area contributed by atoms with Crippen molar-refractivity contribution in [2.45, 2.75) is 45.3 Å². The zero-order valence-corrected chi connectivity index (χ0v) is 12.2. The minimum Gasteiger partial charge on any atom is -0.493 e. The van der Waals surface area contributed by atoms with Crippen LogP contribution in [0.4, 0.5) is 0 Å². The number of fused-ring (bicyclic) bond motifs is 1. The first kappa shape index (κ1) is 14.4. The monoisotopic (exact) mass is 263 g/mol. The molecule has 106 valence electrons. The first-order chi connectivity index (χ1) is 9.24. The molecule has 1 heterocycles. The number of aryl methyl sites for hydroxylation is 1. The van der Waals surface area contributed by atoms with E-state index in [9.17, 15) is 0 Å². The summed E-state index contributed by atoms with van der Waals surface area (Å²) in [6, 6.07) is 6.99. The average Bonchev–Trinajstić information content (AvgIpc) is 2.87. The molecule has 0 amide bonds. The lowest BCUT2D eigenvalue weighted by molar-refractivity contribution is 0.0474. The van der Waals surface area contributed by atoms with Crippen molar-refractivity contribution >= 4 is 0 Å². The van der Waals surface area contributed by atoms with Gasteiger partial charge in [-0.1, -0.05) is 12.1 Å². The van der Waals surface area contributed by atoms with Crippen molar-refractivity contribution in [1.82, 2.24) is 5.32 Å². The molecule has 19 heavy (non-hydrogen) atoms. The lowest BCUT2D eigenvalue weighted by atomic mass is 10.00. The maximum atomic E-state index is 5.67. The second-order valence-electron chi connectivity index (χ2n) is 5.13. The molecule has 0 saturated carbocycles. The summed E-state index contributed by atoms with van der Waals surface area (Å²) in [5.41, 5.74) is 2.75. The summed E-state index contributed by atoms with van der Waals surface area (Å²) >= 11 is 0. The molecule has 2 rings (SSSR count). The Morgan fingerprint density at radius 1 is 1.42 bits per heavy atom. The van der Waals surface area contributed by atoms with Gasteiger partial charge < -0.3 is 14.8 Å². The zero-order valence-electron chi connectivity index (χ0n) is 12.2. The summed E-state index contributed by atoms with van der Waals surface area (Å²) < 4.78 is 11.2. The molecule has 0 aliphatic carbocycles. The summed E-state index contributed by atoms with van der Waals surface area (Å²) in [5, 5.41) is 3.36. The van der Waals surface area contributed by atoms with E-state index in [1.54, 1.807) is 0 Å². The van der Waals surface area contributed by atoms with E-state index in [-0.39, 0.29) is 6.10 Å². The molecule has 3 nitrogen and oxygen atoms in total. The molecule has 1 aromatic rings. The first-order valence-corrected chi connectivity index (χ1v) is 7.28. The van der Waals surface area contributed by atoms with Gasteiger partial charge in [0.05, 0.1) is 12.7 Å². The van der Waals surface area contributed by atoms with E-state index < -0.39 is 0 Å². The average molecular weight is 263 g/mol. The fourth-order valence-corrected chi connectivity index (χ4v) is 2.71. The van der Waals surface area contributed by atoms with Crippen molar-refractivity contribution in [3.63, 3.8) is 0 Å². The van der Waals surface area contributed by atoms with Crippen LogP contribution in [0.1, 0.15) is 31.4 Å². The van der Waals surface area contributed by atoms with Crippen LogP contribution in [0, 0.1) is 0 Å². The molecule has 0 bridgehead atoms. The third kappa shape index (κ3) is 3.71. The van der Waals surface area contributed by atoms with Crippen LogP contribution in [-0.2, 0) is 17.6 Å². The van der Waals surface area contributed by atoms with Gasteiger partial charge in [-0.2, -0.15) is 0 Å². The summed E-state index contributed by atoms with van der Waals surface area (Å²) in [4.78, 5) is 0. The Bertz CT molecular complexity index is 406. The molecule has 2 unspecified atom stereocenters. The van der Waals surface area contributed by atoms with Crippen molar-refractivity contribution in [1.29, 1.82) is 0 Å². The van der Waals surface area contributed by atoms with Gasteiger partial charge in [-0.3, -0.25) is 0 Å². The zero-order chi connectivity index (χ0) is 13.7. The number of hydrogen-bond donors (Lipinski definition) is 1. The Morgan fingerprint density at radius 3 is 3.00 bits per heavy atom. The predicted octanol–water partition coefficient (Wildman–Crippen LogP) is 2.57. The fraction of sp³-hybridized carbons (Fsp3) is 0.625. The molecule has 0 aromatic heterocycles. The summed E-state index contributed by atoms with van der Waals surface area (Å²) in [6.45, 7) is 5.79. The standard InChI is InChI=1S/C16H25NO2/c1-4-18-12(2)15(17-3)7-5-13-6-8-16-14(11-13)9-10-19-16/h6,8,11-12,15,17H,4-5,7,9-10H2,1-3H3. The van der Waals surface area contributed by atoms with E-state index in [4.69, 9.17) is 9.47 Å². The third-order valence-corrected chi connectivity index (χ3v) is 3.86. The Balaban J connectivity index is 1.90. The van der Waals surface area contributed by atoms with E-state index in [1.165, 1.54) is 11.1 Å². The van der Waals surface area contributed by atoms with Crippen LogP contribution in [-0.4, -0.2) is 32.4 Å². The lowest BCUT2D eigenvalue weighted by Crippen LogP contribution is -2.37. The number of hydrogen-bond acceptors (Lipinski definition) is 3. The van der Waals surface area contributed by atoms with Crippen LogP contribution in [0.15, 0.2) is 18.2 Å². The molecule has 2 atom stereocenters. The highest BCUT2D eigenvalue weighted by atomic mass is 16.5. The molecule has 3 heteroatoms. The Kier molecular flexibility index (Phi) is 5.23. The topological polar surface area (TPSA) is 30.5 Å². The van der Waals surface area contributed by atoms with Crippen molar-refractivity contribution in [2.24, 2.45) is 0 Å². The van der Waals surface area contributed by atoms with Crippen LogP contribution < -0.4 is 10.1 Å². The van der Waals surface area contributed by atoms with Gasteiger partial charge in [0.15, 0.2) is 0 Å². The van der Waals surface area contributed by atoms with Gasteiger partial charge in [0.25, 0.3) is 0 Å². The van der Waals surface area contributed by atoms with E-state index in [1.807, 2.05) is 14.0 Å². The summed E-state index contributed by atoms with van der Waals surface area (Å²) in [5.74, 6) is 1.07. The first-order valence-electron chi connectivity index (χ1n) is 7.28. The Hall–Kier alpha value is -1.06. The SMILES string of the molecule is CCOC(C)C(CCc1ccc2c(c1)CCO2)NC. The maximum Gasteiger partial charge on any atom is 0.122 e. The number of benzene rings is 1. The van der Waals surface area contributed by atoms with E-state index in [2.05, 4.69) is 30.4 Å². The quantitative estimate of drug-likeness (QED) is 0.820. The molecular weight excluding hydrogens is 238 g/mol. The van der Waals surface area contributed by atoms with Gasteiger partial charge in [-0.05, 0) is 50.9 Å². The second-order valence-corrected chi connectivity index (χ2v) is 5.13. The molecule has 1 N–H and O–H groups in total. The van der Waals surface area contributed by atoms with E-state index in [0.717, 1.165) is 38.2 Å².